The van der Waals surface area contributed by atoms with E-state index in [1.54, 1.807) is 0 Å². The molecule has 0 aliphatic rings. The Kier molecular flexibility index (Phi) is 5.55. The summed E-state index contributed by atoms with van der Waals surface area (Å²) >= 11 is 0. The molecule has 0 bridgehead atoms. The van der Waals surface area contributed by atoms with Crippen LogP contribution in [0.25, 0.3) is 0 Å². The van der Waals surface area contributed by atoms with Crippen molar-refractivity contribution in [3.63, 3.8) is 0 Å². The first-order valence-corrected chi connectivity index (χ1v) is 7.02. The van der Waals surface area contributed by atoms with Crippen LogP contribution in [-0.2, 0) is 10.2 Å². The van der Waals surface area contributed by atoms with E-state index in [4.69, 9.17) is 5.73 Å². The molecule has 0 spiro atoms. The largest absolute Gasteiger partial charge is 0.324 e. The molecule has 1 unspecified atom stereocenters. The van der Waals surface area contributed by atoms with Gasteiger partial charge in [-0.3, -0.25) is 4.79 Å². The number of nitrogens with one attached hydrogen (secondary N) is 1. The van der Waals surface area contributed by atoms with Crippen molar-refractivity contribution in [3.05, 3.63) is 29.8 Å². The molecule has 19 heavy (non-hydrogen) atoms. The summed E-state index contributed by atoms with van der Waals surface area (Å²) in [7, 11) is 0. The van der Waals surface area contributed by atoms with Gasteiger partial charge in [0.05, 0.1) is 6.04 Å². The second-order valence-corrected chi connectivity index (χ2v) is 6.03. The standard InChI is InChI=1S/C16H26N2O/c1-5-6-10-13(17)15(19)18-14-11-8-7-9-12(14)16(2,3)4/h7-9,11,13H,5-6,10,17H2,1-4H3,(H,18,19). The predicted octanol–water partition coefficient (Wildman–Crippen LogP) is 3.44. The fourth-order valence-electron chi connectivity index (χ4n) is 2.03. The summed E-state index contributed by atoms with van der Waals surface area (Å²) in [6, 6.07) is 7.49. The van der Waals surface area contributed by atoms with Gasteiger partial charge in [-0.2, -0.15) is 0 Å². The molecular formula is C16H26N2O. The maximum atomic E-state index is 12.1. The molecule has 1 aromatic rings. The number of nitrogens with two attached hydrogens (primary N) is 1. The summed E-state index contributed by atoms with van der Waals surface area (Å²) in [5.41, 5.74) is 7.89. The molecule has 1 rings (SSSR count). The van der Waals surface area contributed by atoms with E-state index >= 15 is 0 Å². The monoisotopic (exact) mass is 262 g/mol. The third-order valence-electron chi connectivity index (χ3n) is 3.20. The zero-order valence-electron chi connectivity index (χ0n) is 12.5. The van der Waals surface area contributed by atoms with E-state index in [2.05, 4.69) is 33.0 Å². The summed E-state index contributed by atoms with van der Waals surface area (Å²) in [5.74, 6) is -0.0925. The molecule has 1 atom stereocenters. The van der Waals surface area contributed by atoms with Gasteiger partial charge >= 0.3 is 0 Å². The van der Waals surface area contributed by atoms with Crippen LogP contribution in [0.3, 0.4) is 0 Å². The number of unbranched alkanes of at least 4 members (excludes halogenated alkanes) is 1. The first kappa shape index (κ1) is 15.7. The van der Waals surface area contributed by atoms with Crippen LogP contribution in [0.4, 0.5) is 5.69 Å². The summed E-state index contributed by atoms with van der Waals surface area (Å²) in [4.78, 5) is 12.1. The Morgan fingerprint density at radius 2 is 1.95 bits per heavy atom. The Labute approximate surface area is 116 Å². The molecule has 0 aliphatic carbocycles. The average Bonchev–Trinajstić information content (AvgIpc) is 2.35. The number of rotatable bonds is 5. The van der Waals surface area contributed by atoms with Gasteiger partial charge in [-0.1, -0.05) is 58.7 Å². The van der Waals surface area contributed by atoms with Crippen LogP contribution in [0, 0.1) is 0 Å². The molecule has 1 aromatic carbocycles. The molecule has 0 aliphatic heterocycles. The summed E-state index contributed by atoms with van der Waals surface area (Å²) in [6.07, 6.45) is 2.77. The molecule has 0 heterocycles. The fraction of sp³-hybridized carbons (Fsp3) is 0.562. The van der Waals surface area contributed by atoms with E-state index in [1.807, 2.05) is 24.3 Å². The van der Waals surface area contributed by atoms with E-state index in [0.717, 1.165) is 30.5 Å². The lowest BCUT2D eigenvalue weighted by Gasteiger charge is -2.23. The van der Waals surface area contributed by atoms with E-state index in [1.165, 1.54) is 0 Å². The van der Waals surface area contributed by atoms with Crippen molar-refractivity contribution < 1.29 is 4.79 Å². The maximum absolute atomic E-state index is 12.1. The second-order valence-electron chi connectivity index (χ2n) is 6.03. The van der Waals surface area contributed by atoms with E-state index < -0.39 is 6.04 Å². The van der Waals surface area contributed by atoms with Crippen molar-refractivity contribution >= 4 is 11.6 Å². The van der Waals surface area contributed by atoms with Crippen LogP contribution in [0.5, 0.6) is 0 Å². The van der Waals surface area contributed by atoms with Crippen molar-refractivity contribution in [2.45, 2.75) is 58.4 Å². The second kappa shape index (κ2) is 6.71. The SMILES string of the molecule is CCCCC(N)C(=O)Nc1ccccc1C(C)(C)C. The van der Waals surface area contributed by atoms with Gasteiger partial charge < -0.3 is 11.1 Å². The van der Waals surface area contributed by atoms with Crippen molar-refractivity contribution in [2.75, 3.05) is 5.32 Å². The molecule has 3 N–H and O–H groups in total. The van der Waals surface area contributed by atoms with Crippen LogP contribution in [0.15, 0.2) is 24.3 Å². The highest BCUT2D eigenvalue weighted by atomic mass is 16.2. The van der Waals surface area contributed by atoms with Crippen LogP contribution >= 0.6 is 0 Å². The quantitative estimate of drug-likeness (QED) is 0.854. The van der Waals surface area contributed by atoms with Crippen LogP contribution in [0.2, 0.25) is 0 Å². The number of hydrogen-bond donors (Lipinski definition) is 2. The zero-order chi connectivity index (χ0) is 14.5. The maximum Gasteiger partial charge on any atom is 0.241 e. The fourth-order valence-corrected chi connectivity index (χ4v) is 2.03. The minimum Gasteiger partial charge on any atom is -0.324 e. The third kappa shape index (κ3) is 4.67. The molecule has 0 saturated carbocycles. The molecule has 0 fully saturated rings. The van der Waals surface area contributed by atoms with Crippen LogP contribution < -0.4 is 11.1 Å². The van der Waals surface area contributed by atoms with Crippen molar-refractivity contribution in [2.24, 2.45) is 5.73 Å². The van der Waals surface area contributed by atoms with Crippen molar-refractivity contribution in [1.82, 2.24) is 0 Å². The highest BCUT2D eigenvalue weighted by molar-refractivity contribution is 5.95. The van der Waals surface area contributed by atoms with Gasteiger partial charge in [-0.05, 0) is 23.5 Å². The Balaban J connectivity index is 2.80. The third-order valence-corrected chi connectivity index (χ3v) is 3.20. The molecule has 3 nitrogen and oxygen atoms in total. The van der Waals surface area contributed by atoms with Crippen molar-refractivity contribution in [1.29, 1.82) is 0 Å². The van der Waals surface area contributed by atoms with Gasteiger partial charge in [0.25, 0.3) is 0 Å². The Hall–Kier alpha value is -1.35. The number of hydrogen-bond acceptors (Lipinski definition) is 2. The van der Waals surface area contributed by atoms with Crippen molar-refractivity contribution in [3.8, 4) is 0 Å². The van der Waals surface area contributed by atoms with Gasteiger partial charge in [0, 0.05) is 5.69 Å². The molecule has 0 aromatic heterocycles. The van der Waals surface area contributed by atoms with Crippen LogP contribution in [0.1, 0.15) is 52.5 Å². The zero-order valence-corrected chi connectivity index (χ0v) is 12.5. The molecule has 106 valence electrons. The molecule has 3 heteroatoms. The number of carbonyl (C=O) groups is 1. The first-order chi connectivity index (χ1) is 8.86. The van der Waals surface area contributed by atoms with Gasteiger partial charge in [-0.15, -0.1) is 0 Å². The number of para-hydroxylation sites is 1. The highest BCUT2D eigenvalue weighted by Gasteiger charge is 2.20. The van der Waals surface area contributed by atoms with Gasteiger partial charge in [0.15, 0.2) is 0 Å². The predicted molar refractivity (Wildman–Crippen MR) is 81.3 cm³/mol. The number of carbonyl (C=O) groups excluding carboxylic acids is 1. The number of amides is 1. The van der Waals surface area contributed by atoms with Gasteiger partial charge in [0.2, 0.25) is 5.91 Å². The summed E-state index contributed by atoms with van der Waals surface area (Å²) in [6.45, 7) is 8.50. The molecule has 1 amide bonds. The molecular weight excluding hydrogens is 236 g/mol. The Bertz CT molecular complexity index is 421. The molecule has 0 saturated heterocycles. The minimum absolute atomic E-state index is 0.00259. The lowest BCUT2D eigenvalue weighted by atomic mass is 9.86. The first-order valence-electron chi connectivity index (χ1n) is 7.02. The lowest BCUT2D eigenvalue weighted by molar-refractivity contribution is -0.117. The van der Waals surface area contributed by atoms with E-state index in [0.29, 0.717) is 0 Å². The average molecular weight is 262 g/mol. The lowest BCUT2D eigenvalue weighted by Crippen LogP contribution is -2.36. The topological polar surface area (TPSA) is 55.1 Å². The smallest absolute Gasteiger partial charge is 0.241 e. The van der Waals surface area contributed by atoms with E-state index in [-0.39, 0.29) is 11.3 Å². The summed E-state index contributed by atoms with van der Waals surface area (Å²) in [5, 5.41) is 2.96. The highest BCUT2D eigenvalue weighted by Crippen LogP contribution is 2.29. The Morgan fingerprint density at radius 1 is 1.32 bits per heavy atom. The molecule has 0 radical (unpaired) electrons. The van der Waals surface area contributed by atoms with Crippen LogP contribution in [-0.4, -0.2) is 11.9 Å². The minimum atomic E-state index is -0.423. The van der Waals surface area contributed by atoms with Gasteiger partial charge in [0.1, 0.15) is 0 Å². The number of anilines is 1. The Morgan fingerprint density at radius 3 is 2.53 bits per heavy atom. The number of benzene rings is 1. The van der Waals surface area contributed by atoms with E-state index in [9.17, 15) is 4.79 Å². The normalized spacial score (nSPS) is 13.1. The van der Waals surface area contributed by atoms with Gasteiger partial charge in [-0.25, -0.2) is 0 Å². The summed E-state index contributed by atoms with van der Waals surface area (Å²) < 4.78 is 0.